The SMILES string of the molecule is Cc1nc(C)c(C(C)NC(C)CC2CCCCN2)s1. The van der Waals surface area contributed by atoms with E-state index < -0.39 is 0 Å². The molecule has 0 spiro atoms. The Balaban J connectivity index is 1.84. The lowest BCUT2D eigenvalue weighted by Gasteiger charge is -2.28. The lowest BCUT2D eigenvalue weighted by molar-refractivity contribution is 0.334. The molecule has 4 heteroatoms. The minimum Gasteiger partial charge on any atom is -0.314 e. The molecule has 0 aromatic carbocycles. The highest BCUT2D eigenvalue weighted by atomic mass is 32.1. The molecule has 0 bridgehead atoms. The molecule has 0 saturated carbocycles. The topological polar surface area (TPSA) is 37.0 Å². The van der Waals surface area contributed by atoms with Crippen LogP contribution in [0.25, 0.3) is 0 Å². The number of hydrogen-bond donors (Lipinski definition) is 2. The molecule has 2 N–H and O–H groups in total. The van der Waals surface area contributed by atoms with Crippen LogP contribution < -0.4 is 10.6 Å². The Hall–Kier alpha value is -0.450. The number of thiazole rings is 1. The van der Waals surface area contributed by atoms with Gasteiger partial charge in [-0.1, -0.05) is 6.42 Å². The molecule has 0 aliphatic carbocycles. The first-order chi connectivity index (χ1) is 9.06. The average Bonchev–Trinajstić information content (AvgIpc) is 2.69. The van der Waals surface area contributed by atoms with E-state index in [4.69, 9.17) is 0 Å². The number of hydrogen-bond acceptors (Lipinski definition) is 4. The number of rotatable bonds is 5. The molecular formula is C15H27N3S. The Morgan fingerprint density at radius 1 is 1.37 bits per heavy atom. The van der Waals surface area contributed by atoms with Crippen LogP contribution in [-0.2, 0) is 0 Å². The lowest BCUT2D eigenvalue weighted by atomic mass is 9.98. The summed E-state index contributed by atoms with van der Waals surface area (Å²) >= 11 is 1.82. The van der Waals surface area contributed by atoms with Gasteiger partial charge >= 0.3 is 0 Å². The molecular weight excluding hydrogens is 254 g/mol. The van der Waals surface area contributed by atoms with Crippen molar-refractivity contribution in [1.29, 1.82) is 0 Å². The number of nitrogens with zero attached hydrogens (tertiary/aromatic N) is 1. The molecule has 0 amide bonds. The van der Waals surface area contributed by atoms with Crippen molar-refractivity contribution >= 4 is 11.3 Å². The Morgan fingerprint density at radius 2 is 2.16 bits per heavy atom. The summed E-state index contributed by atoms with van der Waals surface area (Å²) in [5, 5.41) is 8.53. The van der Waals surface area contributed by atoms with Crippen molar-refractivity contribution < 1.29 is 0 Å². The Kier molecular flexibility index (Phi) is 5.37. The highest BCUT2D eigenvalue weighted by molar-refractivity contribution is 7.11. The number of nitrogens with one attached hydrogen (secondary N) is 2. The average molecular weight is 281 g/mol. The molecule has 19 heavy (non-hydrogen) atoms. The van der Waals surface area contributed by atoms with Crippen molar-refractivity contribution in [3.63, 3.8) is 0 Å². The van der Waals surface area contributed by atoms with E-state index in [0.717, 1.165) is 0 Å². The van der Waals surface area contributed by atoms with Gasteiger partial charge in [-0.25, -0.2) is 4.98 Å². The minimum absolute atomic E-state index is 0.407. The number of aromatic nitrogens is 1. The maximum absolute atomic E-state index is 4.52. The van der Waals surface area contributed by atoms with Gasteiger partial charge in [0, 0.05) is 23.0 Å². The fourth-order valence-corrected chi connectivity index (χ4v) is 4.01. The van der Waals surface area contributed by atoms with Crippen molar-refractivity contribution in [2.75, 3.05) is 6.54 Å². The Labute approximate surface area is 121 Å². The van der Waals surface area contributed by atoms with Crippen molar-refractivity contribution in [2.45, 2.75) is 71.5 Å². The van der Waals surface area contributed by atoms with Gasteiger partial charge in [-0.05, 0) is 53.5 Å². The minimum atomic E-state index is 0.407. The second-order valence-corrected chi connectivity index (χ2v) is 7.09. The summed E-state index contributed by atoms with van der Waals surface area (Å²) < 4.78 is 0. The molecule has 3 atom stereocenters. The molecule has 1 fully saturated rings. The summed E-state index contributed by atoms with van der Waals surface area (Å²) in [6.45, 7) is 9.95. The summed E-state index contributed by atoms with van der Waals surface area (Å²) in [6, 6.07) is 1.66. The highest BCUT2D eigenvalue weighted by Crippen LogP contribution is 2.25. The summed E-state index contributed by atoms with van der Waals surface area (Å²) in [4.78, 5) is 5.91. The zero-order chi connectivity index (χ0) is 13.8. The van der Waals surface area contributed by atoms with Crippen molar-refractivity contribution in [2.24, 2.45) is 0 Å². The van der Waals surface area contributed by atoms with Gasteiger partial charge in [0.25, 0.3) is 0 Å². The molecule has 108 valence electrons. The van der Waals surface area contributed by atoms with Gasteiger partial charge in [0.2, 0.25) is 0 Å². The first-order valence-corrected chi connectivity index (χ1v) is 8.31. The standard InChI is InChI=1S/C15H27N3S/c1-10(9-14-7-5-6-8-16-14)17-11(2)15-12(3)18-13(4)19-15/h10-11,14,16-17H,5-9H2,1-4H3. The van der Waals surface area contributed by atoms with E-state index in [9.17, 15) is 0 Å². The van der Waals surface area contributed by atoms with E-state index in [1.165, 1.54) is 47.8 Å². The smallest absolute Gasteiger partial charge is 0.0900 e. The van der Waals surface area contributed by atoms with Gasteiger partial charge in [0.15, 0.2) is 0 Å². The third kappa shape index (κ3) is 4.26. The maximum Gasteiger partial charge on any atom is 0.0900 e. The van der Waals surface area contributed by atoms with Gasteiger partial charge in [0.05, 0.1) is 10.7 Å². The van der Waals surface area contributed by atoms with Crippen LogP contribution in [0.1, 0.15) is 61.2 Å². The molecule has 3 unspecified atom stereocenters. The van der Waals surface area contributed by atoms with E-state index in [1.807, 2.05) is 11.3 Å². The second-order valence-electron chi connectivity index (χ2n) is 5.85. The maximum atomic E-state index is 4.52. The first kappa shape index (κ1) is 14.9. The molecule has 1 aromatic rings. The van der Waals surface area contributed by atoms with Gasteiger partial charge in [-0.2, -0.15) is 0 Å². The summed E-state index contributed by atoms with van der Waals surface area (Å²) in [5.74, 6) is 0. The van der Waals surface area contributed by atoms with Gasteiger partial charge in [-0.3, -0.25) is 0 Å². The Bertz CT molecular complexity index is 396. The van der Waals surface area contributed by atoms with E-state index in [0.29, 0.717) is 18.1 Å². The van der Waals surface area contributed by atoms with Crippen molar-refractivity contribution in [3.8, 4) is 0 Å². The third-order valence-electron chi connectivity index (χ3n) is 3.92. The lowest BCUT2D eigenvalue weighted by Crippen LogP contribution is -2.40. The van der Waals surface area contributed by atoms with Crippen LogP contribution in [-0.4, -0.2) is 23.6 Å². The summed E-state index contributed by atoms with van der Waals surface area (Å²) in [7, 11) is 0. The van der Waals surface area contributed by atoms with Crippen LogP contribution in [0.3, 0.4) is 0 Å². The largest absolute Gasteiger partial charge is 0.314 e. The first-order valence-electron chi connectivity index (χ1n) is 7.49. The molecule has 2 heterocycles. The molecule has 1 aromatic heterocycles. The normalized spacial score (nSPS) is 23.3. The van der Waals surface area contributed by atoms with Crippen LogP contribution in [0.15, 0.2) is 0 Å². The van der Waals surface area contributed by atoms with Crippen LogP contribution in [0, 0.1) is 13.8 Å². The van der Waals surface area contributed by atoms with Crippen LogP contribution >= 0.6 is 11.3 Å². The molecule has 1 aliphatic heterocycles. The molecule has 3 nitrogen and oxygen atoms in total. The van der Waals surface area contributed by atoms with Crippen molar-refractivity contribution in [1.82, 2.24) is 15.6 Å². The van der Waals surface area contributed by atoms with E-state index >= 15 is 0 Å². The van der Waals surface area contributed by atoms with Gasteiger partial charge in [0.1, 0.15) is 0 Å². The number of piperidine rings is 1. The zero-order valence-electron chi connectivity index (χ0n) is 12.6. The fraction of sp³-hybridized carbons (Fsp3) is 0.800. The molecule has 1 saturated heterocycles. The van der Waals surface area contributed by atoms with E-state index in [-0.39, 0.29) is 0 Å². The summed E-state index contributed by atoms with van der Waals surface area (Å²) in [5.41, 5.74) is 1.19. The highest BCUT2D eigenvalue weighted by Gasteiger charge is 2.19. The summed E-state index contributed by atoms with van der Waals surface area (Å²) in [6.07, 6.45) is 5.28. The fourth-order valence-electron chi connectivity index (χ4n) is 3.07. The van der Waals surface area contributed by atoms with Gasteiger partial charge in [-0.15, -0.1) is 11.3 Å². The van der Waals surface area contributed by atoms with E-state index in [2.05, 4.69) is 43.3 Å². The van der Waals surface area contributed by atoms with Crippen LogP contribution in [0.5, 0.6) is 0 Å². The van der Waals surface area contributed by atoms with Gasteiger partial charge < -0.3 is 10.6 Å². The molecule has 2 rings (SSSR count). The molecule has 0 radical (unpaired) electrons. The predicted molar refractivity (Wildman–Crippen MR) is 82.9 cm³/mol. The predicted octanol–water partition coefficient (Wildman–Crippen LogP) is 3.33. The zero-order valence-corrected chi connectivity index (χ0v) is 13.4. The quantitative estimate of drug-likeness (QED) is 0.869. The second kappa shape index (κ2) is 6.82. The van der Waals surface area contributed by atoms with Crippen molar-refractivity contribution in [3.05, 3.63) is 15.6 Å². The van der Waals surface area contributed by atoms with E-state index in [1.54, 1.807) is 0 Å². The Morgan fingerprint density at radius 3 is 2.74 bits per heavy atom. The number of aryl methyl sites for hydroxylation is 2. The van der Waals surface area contributed by atoms with Crippen LogP contribution in [0.2, 0.25) is 0 Å². The monoisotopic (exact) mass is 281 g/mol. The third-order valence-corrected chi connectivity index (χ3v) is 5.17. The molecule has 1 aliphatic rings. The van der Waals surface area contributed by atoms with Crippen LogP contribution in [0.4, 0.5) is 0 Å².